The molecule has 1 saturated carbocycles. The van der Waals surface area contributed by atoms with E-state index in [2.05, 4.69) is 0 Å². The fraction of sp³-hybridized carbons (Fsp3) is 0.462. The summed E-state index contributed by atoms with van der Waals surface area (Å²) in [4.78, 5) is 11.0. The van der Waals surface area contributed by atoms with Crippen molar-refractivity contribution in [1.29, 1.82) is 0 Å². The number of carboxylic acids is 1. The fourth-order valence-electron chi connectivity index (χ4n) is 2.40. The summed E-state index contributed by atoms with van der Waals surface area (Å²) in [5, 5.41) is 9.06. The van der Waals surface area contributed by atoms with Crippen molar-refractivity contribution in [3.8, 4) is 0 Å². The molecular weight excluding hydrogens is 202 g/mol. The molecule has 0 bridgehead atoms. The van der Waals surface area contributed by atoms with Crippen molar-refractivity contribution in [2.45, 2.75) is 31.2 Å². The minimum Gasteiger partial charge on any atom is -0.480 e. The van der Waals surface area contributed by atoms with E-state index >= 15 is 0 Å². The Morgan fingerprint density at radius 2 is 1.94 bits per heavy atom. The number of aliphatic carboxylic acids is 1. The zero-order chi connectivity index (χ0) is 11.5. The van der Waals surface area contributed by atoms with Gasteiger partial charge in [0.15, 0.2) is 0 Å². The first-order valence-electron chi connectivity index (χ1n) is 5.73. The van der Waals surface area contributed by atoms with Crippen molar-refractivity contribution in [2.75, 3.05) is 0 Å². The van der Waals surface area contributed by atoms with Crippen molar-refractivity contribution >= 4 is 5.97 Å². The molecule has 86 valence electrons. The topological polar surface area (TPSA) is 63.3 Å². The molecule has 0 heterocycles. The largest absolute Gasteiger partial charge is 0.480 e. The second kappa shape index (κ2) is 4.66. The van der Waals surface area contributed by atoms with E-state index in [1.165, 1.54) is 6.42 Å². The standard InChI is InChI=1S/C13H17NO2/c14-12(13(15)16)11(10-7-4-8-10)9-5-2-1-3-6-9/h1-3,5-6,10-12H,4,7-8,14H2,(H,15,16)/t11?,12-/m0/s1. The van der Waals surface area contributed by atoms with E-state index in [0.29, 0.717) is 5.92 Å². The monoisotopic (exact) mass is 219 g/mol. The van der Waals surface area contributed by atoms with E-state index in [9.17, 15) is 4.79 Å². The van der Waals surface area contributed by atoms with E-state index in [-0.39, 0.29) is 5.92 Å². The first-order valence-corrected chi connectivity index (χ1v) is 5.73. The molecule has 1 aromatic rings. The van der Waals surface area contributed by atoms with Crippen molar-refractivity contribution in [1.82, 2.24) is 0 Å². The Balaban J connectivity index is 2.24. The summed E-state index contributed by atoms with van der Waals surface area (Å²) in [6.07, 6.45) is 3.39. The van der Waals surface area contributed by atoms with Gasteiger partial charge >= 0.3 is 5.97 Å². The molecule has 1 aromatic carbocycles. The van der Waals surface area contributed by atoms with E-state index in [0.717, 1.165) is 18.4 Å². The zero-order valence-corrected chi connectivity index (χ0v) is 9.17. The van der Waals surface area contributed by atoms with E-state index in [4.69, 9.17) is 10.8 Å². The average Bonchev–Trinajstić information content (AvgIpc) is 2.23. The molecule has 0 amide bonds. The van der Waals surface area contributed by atoms with Crippen LogP contribution >= 0.6 is 0 Å². The molecule has 1 unspecified atom stereocenters. The highest BCUT2D eigenvalue weighted by Crippen LogP contribution is 2.40. The lowest BCUT2D eigenvalue weighted by Gasteiger charge is -2.36. The lowest BCUT2D eigenvalue weighted by atomic mass is 9.70. The van der Waals surface area contributed by atoms with Crippen LogP contribution in [0, 0.1) is 5.92 Å². The van der Waals surface area contributed by atoms with Gasteiger partial charge in [0.2, 0.25) is 0 Å². The quantitative estimate of drug-likeness (QED) is 0.814. The number of hydrogen-bond acceptors (Lipinski definition) is 2. The molecule has 3 heteroatoms. The van der Waals surface area contributed by atoms with Crippen LogP contribution in [0.25, 0.3) is 0 Å². The second-order valence-electron chi connectivity index (χ2n) is 4.49. The molecule has 0 radical (unpaired) electrons. The normalized spacial score (nSPS) is 19.8. The van der Waals surface area contributed by atoms with Gasteiger partial charge in [-0.25, -0.2) is 0 Å². The van der Waals surface area contributed by atoms with E-state index in [1.54, 1.807) is 0 Å². The third-order valence-corrected chi connectivity index (χ3v) is 3.51. The first kappa shape index (κ1) is 11.1. The maximum absolute atomic E-state index is 11.0. The Bertz CT molecular complexity index is 359. The van der Waals surface area contributed by atoms with Gasteiger partial charge in [-0.1, -0.05) is 36.8 Å². The number of hydrogen-bond donors (Lipinski definition) is 2. The second-order valence-corrected chi connectivity index (χ2v) is 4.49. The lowest BCUT2D eigenvalue weighted by Crippen LogP contribution is -2.41. The molecule has 1 fully saturated rings. The maximum Gasteiger partial charge on any atom is 0.321 e. The van der Waals surface area contributed by atoms with Gasteiger partial charge in [-0.15, -0.1) is 0 Å². The van der Waals surface area contributed by atoms with Gasteiger partial charge in [-0.3, -0.25) is 4.79 Å². The van der Waals surface area contributed by atoms with Crippen molar-refractivity contribution in [3.05, 3.63) is 35.9 Å². The number of nitrogens with two attached hydrogens (primary N) is 1. The molecule has 3 nitrogen and oxygen atoms in total. The zero-order valence-electron chi connectivity index (χ0n) is 9.17. The minimum absolute atomic E-state index is 0.0348. The van der Waals surface area contributed by atoms with Crippen LogP contribution in [0.15, 0.2) is 30.3 Å². The first-order chi connectivity index (χ1) is 7.70. The summed E-state index contributed by atoms with van der Waals surface area (Å²) in [5.41, 5.74) is 6.86. The maximum atomic E-state index is 11.0. The van der Waals surface area contributed by atoms with Gasteiger partial charge in [-0.2, -0.15) is 0 Å². The highest BCUT2D eigenvalue weighted by atomic mass is 16.4. The molecule has 0 saturated heterocycles. The summed E-state index contributed by atoms with van der Waals surface area (Å²) < 4.78 is 0. The van der Waals surface area contributed by atoms with Gasteiger partial charge in [0, 0.05) is 5.92 Å². The van der Waals surface area contributed by atoms with E-state index < -0.39 is 12.0 Å². The molecule has 2 atom stereocenters. The van der Waals surface area contributed by atoms with Gasteiger partial charge < -0.3 is 10.8 Å². The number of carboxylic acid groups (broad SMARTS) is 1. The van der Waals surface area contributed by atoms with Crippen LogP contribution in [-0.2, 0) is 4.79 Å². The van der Waals surface area contributed by atoms with Crippen LogP contribution in [0.4, 0.5) is 0 Å². The Morgan fingerprint density at radius 1 is 1.31 bits per heavy atom. The smallest absolute Gasteiger partial charge is 0.321 e. The third-order valence-electron chi connectivity index (χ3n) is 3.51. The molecule has 16 heavy (non-hydrogen) atoms. The lowest BCUT2D eigenvalue weighted by molar-refractivity contribution is -0.139. The SMILES string of the molecule is N[C@H](C(=O)O)C(c1ccccc1)C1CCC1. The van der Waals surface area contributed by atoms with Crippen LogP contribution in [0.1, 0.15) is 30.7 Å². The fourth-order valence-corrected chi connectivity index (χ4v) is 2.40. The van der Waals surface area contributed by atoms with E-state index in [1.807, 2.05) is 30.3 Å². The molecule has 0 aromatic heterocycles. The van der Waals surface area contributed by atoms with Crippen LogP contribution < -0.4 is 5.73 Å². The number of carbonyl (C=O) groups is 1. The summed E-state index contributed by atoms with van der Waals surface area (Å²) in [6, 6.07) is 8.99. The average molecular weight is 219 g/mol. The number of benzene rings is 1. The molecule has 2 rings (SSSR count). The van der Waals surface area contributed by atoms with Gasteiger partial charge in [0.1, 0.15) is 6.04 Å². The van der Waals surface area contributed by atoms with Gasteiger partial charge in [0.25, 0.3) is 0 Å². The highest BCUT2D eigenvalue weighted by molar-refractivity contribution is 5.74. The molecule has 0 spiro atoms. The predicted molar refractivity (Wildman–Crippen MR) is 62.1 cm³/mol. The van der Waals surface area contributed by atoms with Gasteiger partial charge in [-0.05, 0) is 24.3 Å². The Kier molecular flexibility index (Phi) is 3.25. The third kappa shape index (κ3) is 2.09. The van der Waals surface area contributed by atoms with Crippen molar-refractivity contribution in [2.24, 2.45) is 11.7 Å². The minimum atomic E-state index is -0.902. The van der Waals surface area contributed by atoms with Crippen molar-refractivity contribution < 1.29 is 9.90 Å². The van der Waals surface area contributed by atoms with Crippen LogP contribution in [0.2, 0.25) is 0 Å². The van der Waals surface area contributed by atoms with Crippen LogP contribution in [-0.4, -0.2) is 17.1 Å². The molecular formula is C13H17NO2. The summed E-state index contributed by atoms with van der Waals surface area (Å²) >= 11 is 0. The van der Waals surface area contributed by atoms with Gasteiger partial charge in [0.05, 0.1) is 0 Å². The Morgan fingerprint density at radius 3 is 2.38 bits per heavy atom. The van der Waals surface area contributed by atoms with Crippen LogP contribution in [0.3, 0.4) is 0 Å². The summed E-state index contributed by atoms with van der Waals surface area (Å²) in [5.74, 6) is -0.498. The Hall–Kier alpha value is -1.35. The number of rotatable bonds is 4. The van der Waals surface area contributed by atoms with Crippen molar-refractivity contribution in [3.63, 3.8) is 0 Å². The predicted octanol–water partition coefficient (Wildman–Crippen LogP) is 1.98. The summed E-state index contributed by atoms with van der Waals surface area (Å²) in [6.45, 7) is 0. The molecule has 0 aliphatic heterocycles. The van der Waals surface area contributed by atoms with Crippen LogP contribution in [0.5, 0.6) is 0 Å². The Labute approximate surface area is 95.3 Å². The molecule has 3 N–H and O–H groups in total. The highest BCUT2D eigenvalue weighted by Gasteiger charge is 2.35. The summed E-state index contributed by atoms with van der Waals surface area (Å²) in [7, 11) is 0. The molecule has 1 aliphatic rings. The molecule has 1 aliphatic carbocycles.